The number of ether oxygens (including phenoxy) is 1. The molecule has 2 unspecified atom stereocenters. The van der Waals surface area contributed by atoms with Crippen molar-refractivity contribution in [2.45, 2.75) is 63.4 Å². The summed E-state index contributed by atoms with van der Waals surface area (Å²) in [5.41, 5.74) is -0.352. The van der Waals surface area contributed by atoms with Gasteiger partial charge in [0.25, 0.3) is 0 Å². The van der Waals surface area contributed by atoms with Gasteiger partial charge in [-0.25, -0.2) is 4.39 Å². The Balaban J connectivity index is 1.78. The van der Waals surface area contributed by atoms with Crippen LogP contribution in [0.25, 0.3) is 0 Å². The Hall–Kier alpha value is -1.09. The van der Waals surface area contributed by atoms with E-state index in [1.807, 2.05) is 38.1 Å². The largest absolute Gasteiger partial charge is 0.491 e. The number of halogens is 1. The number of hydrogen-bond acceptors (Lipinski definition) is 2. The topological polar surface area (TPSA) is 21.3 Å². The van der Waals surface area contributed by atoms with Crippen molar-refractivity contribution < 1.29 is 9.13 Å². The van der Waals surface area contributed by atoms with Gasteiger partial charge in [-0.2, -0.15) is 0 Å². The van der Waals surface area contributed by atoms with Gasteiger partial charge >= 0.3 is 0 Å². The summed E-state index contributed by atoms with van der Waals surface area (Å²) < 4.78 is 20.8. The van der Waals surface area contributed by atoms with Crippen LogP contribution in [0.4, 0.5) is 4.39 Å². The molecular weight excluding hydrogens is 241 g/mol. The highest BCUT2D eigenvalue weighted by molar-refractivity contribution is 5.32. The zero-order chi connectivity index (χ0) is 13.5. The molecule has 19 heavy (non-hydrogen) atoms. The molecule has 0 amide bonds. The second-order valence-corrected chi connectivity index (χ2v) is 6.20. The summed E-state index contributed by atoms with van der Waals surface area (Å²) in [6.45, 7) is 3.99. The van der Waals surface area contributed by atoms with Crippen LogP contribution < -0.4 is 10.1 Å². The zero-order valence-corrected chi connectivity index (χ0v) is 11.7. The lowest BCUT2D eigenvalue weighted by atomic mass is 9.83. The summed E-state index contributed by atoms with van der Waals surface area (Å²) in [6.07, 6.45) is 3.59. The van der Waals surface area contributed by atoms with Crippen molar-refractivity contribution in [1.82, 2.24) is 5.32 Å². The molecule has 0 radical (unpaired) electrons. The minimum atomic E-state index is -1.16. The van der Waals surface area contributed by atoms with Crippen molar-refractivity contribution in [3.8, 4) is 5.75 Å². The quantitative estimate of drug-likeness (QED) is 0.900. The Labute approximate surface area is 114 Å². The smallest absolute Gasteiger partial charge is 0.139 e. The number of alkyl halides is 1. The molecule has 2 bridgehead atoms. The summed E-state index contributed by atoms with van der Waals surface area (Å²) in [5.74, 6) is 0.819. The molecule has 1 N–H and O–H groups in total. The number of nitrogens with one attached hydrogen (secondary N) is 1. The minimum Gasteiger partial charge on any atom is -0.491 e. The number of piperidine rings is 1. The summed E-state index contributed by atoms with van der Waals surface area (Å²) in [4.78, 5) is 0. The van der Waals surface area contributed by atoms with Gasteiger partial charge in [-0.1, -0.05) is 12.1 Å². The van der Waals surface area contributed by atoms with Crippen molar-refractivity contribution in [3.63, 3.8) is 0 Å². The molecule has 2 heterocycles. The van der Waals surface area contributed by atoms with Gasteiger partial charge < -0.3 is 10.1 Å². The van der Waals surface area contributed by atoms with Gasteiger partial charge in [0, 0.05) is 24.9 Å². The molecule has 104 valence electrons. The minimum absolute atomic E-state index is 0.153. The lowest BCUT2D eigenvalue weighted by Gasteiger charge is -2.35. The predicted octanol–water partition coefficient (Wildman–Crippen LogP) is 3.55. The average Bonchev–Trinajstić information content (AvgIpc) is 2.69. The molecule has 1 aromatic rings. The SMILES string of the molecule is CC(C)Oc1ccc(C2(F)CC3CCC(C2)N3)cc1. The van der Waals surface area contributed by atoms with Crippen molar-refractivity contribution >= 4 is 0 Å². The maximum absolute atomic E-state index is 15.2. The Morgan fingerprint density at radius 2 is 1.74 bits per heavy atom. The maximum Gasteiger partial charge on any atom is 0.139 e. The van der Waals surface area contributed by atoms with Crippen molar-refractivity contribution in [3.05, 3.63) is 29.8 Å². The Bertz CT molecular complexity index is 431. The molecule has 2 fully saturated rings. The Morgan fingerprint density at radius 3 is 2.26 bits per heavy atom. The van der Waals surface area contributed by atoms with Crippen molar-refractivity contribution in [2.24, 2.45) is 0 Å². The highest BCUT2D eigenvalue weighted by Gasteiger charge is 2.45. The van der Waals surface area contributed by atoms with E-state index in [0.717, 1.165) is 24.2 Å². The standard InChI is InChI=1S/C16H22FNO/c1-11(2)19-15-7-3-12(4-8-15)16(17)9-13-5-6-14(10-16)18-13/h3-4,7-8,11,13-14,18H,5-6,9-10H2,1-2H3. The van der Waals surface area contributed by atoms with Crippen LogP contribution in [0, 0.1) is 0 Å². The van der Waals surface area contributed by atoms with Crippen LogP contribution in [0.5, 0.6) is 5.75 Å². The fourth-order valence-corrected chi connectivity index (χ4v) is 3.43. The van der Waals surface area contributed by atoms with Crippen LogP contribution in [0.2, 0.25) is 0 Å². The molecule has 3 heteroatoms. The van der Waals surface area contributed by atoms with E-state index in [1.165, 1.54) is 0 Å². The van der Waals surface area contributed by atoms with E-state index < -0.39 is 5.67 Å². The molecule has 0 saturated carbocycles. The number of fused-ring (bicyclic) bond motifs is 2. The van der Waals surface area contributed by atoms with Crippen LogP contribution in [-0.2, 0) is 5.67 Å². The van der Waals surface area contributed by atoms with E-state index in [4.69, 9.17) is 4.74 Å². The second-order valence-electron chi connectivity index (χ2n) is 6.20. The highest BCUT2D eigenvalue weighted by atomic mass is 19.1. The van der Waals surface area contributed by atoms with Crippen LogP contribution in [0.15, 0.2) is 24.3 Å². The molecule has 2 aliphatic rings. The van der Waals surface area contributed by atoms with E-state index in [1.54, 1.807) is 0 Å². The number of hydrogen-bond donors (Lipinski definition) is 1. The number of benzene rings is 1. The first kappa shape index (κ1) is 12.9. The van der Waals surface area contributed by atoms with Crippen molar-refractivity contribution in [1.29, 1.82) is 0 Å². The lowest BCUT2D eigenvalue weighted by Crippen LogP contribution is -2.44. The molecule has 2 atom stereocenters. The van der Waals surface area contributed by atoms with Gasteiger partial charge in [0.15, 0.2) is 0 Å². The van der Waals surface area contributed by atoms with Gasteiger partial charge in [0.1, 0.15) is 11.4 Å². The Kier molecular flexibility index (Phi) is 3.25. The molecule has 2 saturated heterocycles. The van der Waals surface area contributed by atoms with Gasteiger partial charge in [-0.3, -0.25) is 0 Å². The van der Waals surface area contributed by atoms with Gasteiger partial charge in [0.05, 0.1) is 6.10 Å². The number of rotatable bonds is 3. The van der Waals surface area contributed by atoms with E-state index >= 15 is 4.39 Å². The summed E-state index contributed by atoms with van der Waals surface area (Å²) in [6, 6.07) is 8.28. The van der Waals surface area contributed by atoms with Crippen LogP contribution in [0.3, 0.4) is 0 Å². The molecule has 0 spiro atoms. The molecule has 2 aliphatic heterocycles. The normalized spacial score (nSPS) is 33.7. The van der Waals surface area contributed by atoms with Crippen molar-refractivity contribution in [2.75, 3.05) is 0 Å². The van der Waals surface area contributed by atoms with E-state index in [-0.39, 0.29) is 6.10 Å². The third-order valence-electron chi connectivity index (χ3n) is 4.22. The van der Waals surface area contributed by atoms with Gasteiger partial charge in [-0.05, 0) is 44.4 Å². The fraction of sp³-hybridized carbons (Fsp3) is 0.625. The fourth-order valence-electron chi connectivity index (χ4n) is 3.43. The Morgan fingerprint density at radius 1 is 1.16 bits per heavy atom. The summed E-state index contributed by atoms with van der Waals surface area (Å²) >= 11 is 0. The first-order chi connectivity index (χ1) is 9.05. The first-order valence-corrected chi connectivity index (χ1v) is 7.27. The van der Waals surface area contributed by atoms with Crippen LogP contribution >= 0.6 is 0 Å². The van der Waals surface area contributed by atoms with Gasteiger partial charge in [-0.15, -0.1) is 0 Å². The molecule has 2 nitrogen and oxygen atoms in total. The molecule has 3 rings (SSSR count). The van der Waals surface area contributed by atoms with Crippen LogP contribution in [-0.4, -0.2) is 18.2 Å². The summed E-state index contributed by atoms with van der Waals surface area (Å²) in [7, 11) is 0. The zero-order valence-electron chi connectivity index (χ0n) is 11.7. The monoisotopic (exact) mass is 263 g/mol. The highest BCUT2D eigenvalue weighted by Crippen LogP contribution is 2.44. The lowest BCUT2D eigenvalue weighted by molar-refractivity contribution is 0.0873. The van der Waals surface area contributed by atoms with E-state index in [0.29, 0.717) is 24.9 Å². The third-order valence-corrected chi connectivity index (χ3v) is 4.22. The molecule has 0 aromatic heterocycles. The average molecular weight is 263 g/mol. The summed E-state index contributed by atoms with van der Waals surface area (Å²) in [5, 5.41) is 3.49. The third kappa shape index (κ3) is 2.62. The molecular formula is C16H22FNO. The predicted molar refractivity (Wildman–Crippen MR) is 74.2 cm³/mol. The van der Waals surface area contributed by atoms with E-state index in [9.17, 15) is 0 Å². The molecule has 1 aromatic carbocycles. The van der Waals surface area contributed by atoms with Gasteiger partial charge in [0.2, 0.25) is 0 Å². The first-order valence-electron chi connectivity index (χ1n) is 7.27. The second kappa shape index (κ2) is 4.78. The van der Waals surface area contributed by atoms with E-state index in [2.05, 4.69) is 5.32 Å². The van der Waals surface area contributed by atoms with Crippen LogP contribution in [0.1, 0.15) is 45.1 Å². The maximum atomic E-state index is 15.2. The molecule has 0 aliphatic carbocycles.